The quantitative estimate of drug-likeness (QED) is 0.761. The maximum atomic E-state index is 12.4. The molecule has 0 unspecified atom stereocenters. The molecule has 0 aliphatic rings. The molecule has 3 rings (SSSR count). The third-order valence-corrected chi connectivity index (χ3v) is 3.86. The molecule has 3 aromatic rings. The normalized spacial score (nSPS) is 10.9. The highest BCUT2D eigenvalue weighted by Gasteiger charge is 2.08. The average Bonchev–Trinajstić information content (AvgIpc) is 2.95. The molecule has 1 aromatic carbocycles. The smallest absolute Gasteiger partial charge is 0.257 e. The Bertz CT molecular complexity index is 821. The zero-order valence-corrected chi connectivity index (χ0v) is 13.1. The van der Waals surface area contributed by atoms with Crippen LogP contribution in [0, 0.1) is 6.92 Å². The monoisotopic (exact) mass is 308 g/mol. The summed E-state index contributed by atoms with van der Waals surface area (Å²) >= 11 is 0. The number of aromatic nitrogens is 2. The van der Waals surface area contributed by atoms with Crippen LogP contribution in [0.25, 0.3) is 5.52 Å². The fourth-order valence-corrected chi connectivity index (χ4v) is 2.52. The first-order chi connectivity index (χ1) is 11.2. The largest absolute Gasteiger partial charge is 0.330 e. The van der Waals surface area contributed by atoms with Gasteiger partial charge in [-0.1, -0.05) is 12.1 Å². The highest BCUT2D eigenvalue weighted by Crippen LogP contribution is 2.14. The summed E-state index contributed by atoms with van der Waals surface area (Å²) in [5, 5.41) is 2.92. The maximum absolute atomic E-state index is 12.4. The van der Waals surface area contributed by atoms with Crippen LogP contribution in [0.4, 0.5) is 5.69 Å². The van der Waals surface area contributed by atoms with Crippen molar-refractivity contribution in [2.24, 2.45) is 5.73 Å². The van der Waals surface area contributed by atoms with Crippen LogP contribution in [0.15, 0.2) is 48.8 Å². The van der Waals surface area contributed by atoms with Crippen molar-refractivity contribution in [1.29, 1.82) is 0 Å². The standard InChI is InChI=1S/C18H20N4O/c1-13-20-11-17-9-6-15(12-22(13)17)18(23)21-16-7-4-14(5-8-16)3-2-10-19/h4-9,11-12H,2-3,10,19H2,1H3,(H,21,23). The number of carbonyl (C=O) groups excluding carboxylic acids is 1. The Labute approximate surface area is 135 Å². The number of pyridine rings is 1. The van der Waals surface area contributed by atoms with E-state index in [0.717, 1.165) is 29.9 Å². The lowest BCUT2D eigenvalue weighted by molar-refractivity contribution is 0.102. The van der Waals surface area contributed by atoms with Gasteiger partial charge in [0.15, 0.2) is 0 Å². The molecule has 0 saturated heterocycles. The van der Waals surface area contributed by atoms with Crippen LogP contribution in [-0.4, -0.2) is 21.8 Å². The van der Waals surface area contributed by atoms with E-state index in [1.54, 1.807) is 12.3 Å². The van der Waals surface area contributed by atoms with Gasteiger partial charge in [-0.3, -0.25) is 4.79 Å². The third kappa shape index (κ3) is 3.40. The first-order valence-electron chi connectivity index (χ1n) is 7.71. The van der Waals surface area contributed by atoms with Crippen LogP contribution < -0.4 is 11.1 Å². The van der Waals surface area contributed by atoms with E-state index in [1.807, 2.05) is 47.9 Å². The molecule has 0 aliphatic carbocycles. The zero-order valence-electron chi connectivity index (χ0n) is 13.1. The van der Waals surface area contributed by atoms with E-state index < -0.39 is 0 Å². The highest BCUT2D eigenvalue weighted by molar-refractivity contribution is 6.04. The zero-order chi connectivity index (χ0) is 16.2. The van der Waals surface area contributed by atoms with E-state index in [4.69, 9.17) is 5.73 Å². The molecule has 23 heavy (non-hydrogen) atoms. The molecule has 0 bridgehead atoms. The molecule has 0 radical (unpaired) electrons. The number of hydrogen-bond acceptors (Lipinski definition) is 3. The molecule has 5 nitrogen and oxygen atoms in total. The van der Waals surface area contributed by atoms with Crippen LogP contribution in [-0.2, 0) is 6.42 Å². The van der Waals surface area contributed by atoms with Crippen LogP contribution in [0.5, 0.6) is 0 Å². The van der Waals surface area contributed by atoms with Gasteiger partial charge in [-0.2, -0.15) is 0 Å². The van der Waals surface area contributed by atoms with E-state index in [9.17, 15) is 4.79 Å². The molecule has 0 aliphatic heterocycles. The molecule has 0 fully saturated rings. The van der Waals surface area contributed by atoms with Gasteiger partial charge in [0, 0.05) is 11.9 Å². The fraction of sp³-hybridized carbons (Fsp3) is 0.222. The van der Waals surface area contributed by atoms with Crippen molar-refractivity contribution < 1.29 is 4.79 Å². The van der Waals surface area contributed by atoms with Crippen LogP contribution in [0.3, 0.4) is 0 Å². The molecule has 0 saturated carbocycles. The average molecular weight is 308 g/mol. The van der Waals surface area contributed by atoms with Gasteiger partial charge in [-0.05, 0) is 56.1 Å². The Morgan fingerprint density at radius 1 is 1.22 bits per heavy atom. The van der Waals surface area contributed by atoms with Gasteiger partial charge < -0.3 is 15.5 Å². The van der Waals surface area contributed by atoms with E-state index >= 15 is 0 Å². The van der Waals surface area contributed by atoms with Crippen molar-refractivity contribution in [1.82, 2.24) is 9.38 Å². The molecular formula is C18H20N4O. The van der Waals surface area contributed by atoms with Crippen LogP contribution in [0.2, 0.25) is 0 Å². The summed E-state index contributed by atoms with van der Waals surface area (Å²) in [5.41, 5.74) is 9.11. The van der Waals surface area contributed by atoms with Gasteiger partial charge in [-0.25, -0.2) is 4.98 Å². The molecule has 3 N–H and O–H groups in total. The molecule has 5 heteroatoms. The number of imidazole rings is 1. The van der Waals surface area contributed by atoms with E-state index in [2.05, 4.69) is 10.3 Å². The van der Waals surface area contributed by atoms with Gasteiger partial charge in [0.25, 0.3) is 5.91 Å². The lowest BCUT2D eigenvalue weighted by Gasteiger charge is -2.07. The summed E-state index contributed by atoms with van der Waals surface area (Å²) in [4.78, 5) is 16.6. The van der Waals surface area contributed by atoms with Gasteiger partial charge >= 0.3 is 0 Å². The maximum Gasteiger partial charge on any atom is 0.257 e. The molecule has 0 atom stereocenters. The minimum Gasteiger partial charge on any atom is -0.330 e. The number of hydrogen-bond donors (Lipinski definition) is 2. The molecule has 2 aromatic heterocycles. The van der Waals surface area contributed by atoms with Gasteiger partial charge in [0.1, 0.15) is 5.82 Å². The Morgan fingerprint density at radius 2 is 2.00 bits per heavy atom. The van der Waals surface area contributed by atoms with Gasteiger partial charge in [0.2, 0.25) is 0 Å². The summed E-state index contributed by atoms with van der Waals surface area (Å²) in [6.45, 7) is 2.60. The van der Waals surface area contributed by atoms with Crippen molar-refractivity contribution in [3.8, 4) is 0 Å². The second kappa shape index (κ2) is 6.62. The minimum atomic E-state index is -0.130. The topological polar surface area (TPSA) is 72.4 Å². The minimum absolute atomic E-state index is 0.130. The summed E-state index contributed by atoms with van der Waals surface area (Å²) in [5.74, 6) is 0.730. The van der Waals surface area contributed by atoms with Crippen molar-refractivity contribution in [2.75, 3.05) is 11.9 Å². The number of nitrogens with one attached hydrogen (secondary N) is 1. The number of carbonyl (C=O) groups is 1. The molecular weight excluding hydrogens is 288 g/mol. The number of amides is 1. The summed E-state index contributed by atoms with van der Waals surface area (Å²) in [7, 11) is 0. The molecule has 0 spiro atoms. The Kier molecular flexibility index (Phi) is 4.39. The number of rotatable bonds is 5. The summed E-state index contributed by atoms with van der Waals surface area (Å²) in [6, 6.07) is 11.6. The predicted octanol–water partition coefficient (Wildman–Crippen LogP) is 2.79. The number of benzene rings is 1. The SMILES string of the molecule is Cc1ncc2ccc(C(=O)Nc3ccc(CCCN)cc3)cn12. The number of nitrogens with zero attached hydrogens (tertiary/aromatic N) is 2. The summed E-state index contributed by atoms with van der Waals surface area (Å²) in [6.07, 6.45) is 5.52. The van der Waals surface area contributed by atoms with Crippen molar-refractivity contribution in [3.05, 3.63) is 65.7 Å². The second-order valence-electron chi connectivity index (χ2n) is 5.56. The van der Waals surface area contributed by atoms with Gasteiger partial charge in [0.05, 0.1) is 17.3 Å². The van der Waals surface area contributed by atoms with Crippen molar-refractivity contribution in [3.63, 3.8) is 0 Å². The number of nitrogens with two attached hydrogens (primary N) is 1. The fourth-order valence-electron chi connectivity index (χ4n) is 2.52. The Balaban J connectivity index is 1.73. The third-order valence-electron chi connectivity index (χ3n) is 3.86. The van der Waals surface area contributed by atoms with Crippen molar-refractivity contribution >= 4 is 17.1 Å². The van der Waals surface area contributed by atoms with E-state index in [-0.39, 0.29) is 5.91 Å². The van der Waals surface area contributed by atoms with Crippen LogP contribution in [0.1, 0.15) is 28.2 Å². The second-order valence-corrected chi connectivity index (χ2v) is 5.56. The van der Waals surface area contributed by atoms with Crippen LogP contribution >= 0.6 is 0 Å². The number of aryl methyl sites for hydroxylation is 2. The Morgan fingerprint density at radius 3 is 2.74 bits per heavy atom. The van der Waals surface area contributed by atoms with Crippen molar-refractivity contribution in [2.45, 2.75) is 19.8 Å². The lowest BCUT2D eigenvalue weighted by Crippen LogP contribution is -2.12. The highest BCUT2D eigenvalue weighted by atomic mass is 16.1. The lowest BCUT2D eigenvalue weighted by atomic mass is 10.1. The Hall–Kier alpha value is -2.66. The van der Waals surface area contributed by atoms with E-state index in [1.165, 1.54) is 5.56 Å². The molecule has 118 valence electrons. The number of anilines is 1. The first-order valence-corrected chi connectivity index (χ1v) is 7.71. The van der Waals surface area contributed by atoms with E-state index in [0.29, 0.717) is 12.1 Å². The van der Waals surface area contributed by atoms with Gasteiger partial charge in [-0.15, -0.1) is 0 Å². The molecule has 1 amide bonds. The molecule has 2 heterocycles. The summed E-state index contributed by atoms with van der Waals surface area (Å²) < 4.78 is 1.91. The number of fused-ring (bicyclic) bond motifs is 1. The predicted molar refractivity (Wildman–Crippen MR) is 91.7 cm³/mol. The first kappa shape index (κ1) is 15.2.